The first-order valence-corrected chi connectivity index (χ1v) is 18.6. The number of para-hydroxylation sites is 2. The summed E-state index contributed by atoms with van der Waals surface area (Å²) in [4.78, 5) is 2.36. The minimum atomic E-state index is -0.118. The lowest BCUT2D eigenvalue weighted by Crippen LogP contribution is -2.16. The zero-order chi connectivity index (χ0) is 36.0. The predicted octanol–water partition coefficient (Wildman–Crippen LogP) is 14.6. The van der Waals surface area contributed by atoms with Crippen LogP contribution in [0.3, 0.4) is 0 Å². The Morgan fingerprint density at radius 2 is 1.02 bits per heavy atom. The largest absolute Gasteiger partial charge is 0.456 e. The van der Waals surface area contributed by atoms with Gasteiger partial charge in [-0.15, -0.1) is 0 Å². The minimum absolute atomic E-state index is 0.118. The smallest absolute Gasteiger partial charge is 0.143 e. The summed E-state index contributed by atoms with van der Waals surface area (Å²) in [5, 5.41) is 4.40. The van der Waals surface area contributed by atoms with E-state index in [9.17, 15) is 0 Å². The van der Waals surface area contributed by atoms with E-state index in [0.717, 1.165) is 72.1 Å². The van der Waals surface area contributed by atoms with Crippen LogP contribution in [-0.4, -0.2) is 0 Å². The zero-order valence-electron chi connectivity index (χ0n) is 30.0. The molecule has 256 valence electrons. The van der Waals surface area contributed by atoms with Crippen LogP contribution in [0.25, 0.3) is 77.3 Å². The number of hydrogen-bond donors (Lipinski definition) is 0. The molecule has 0 unspecified atom stereocenters. The lowest BCUT2D eigenvalue weighted by atomic mass is 9.82. The van der Waals surface area contributed by atoms with Gasteiger partial charge in [0.15, 0.2) is 0 Å². The topological polar surface area (TPSA) is 29.5 Å². The first kappa shape index (κ1) is 30.8. The monoisotopic (exact) mass is 693 g/mol. The van der Waals surface area contributed by atoms with Crippen molar-refractivity contribution in [1.29, 1.82) is 0 Å². The second-order valence-corrected chi connectivity index (χ2v) is 14.9. The molecule has 0 atom stereocenters. The summed E-state index contributed by atoms with van der Waals surface area (Å²) in [6.45, 7) is 4.68. The molecule has 1 aliphatic carbocycles. The molecule has 0 saturated heterocycles. The molecule has 1 aliphatic rings. The second-order valence-electron chi connectivity index (χ2n) is 14.9. The second kappa shape index (κ2) is 11.6. The molecule has 0 fully saturated rings. The summed E-state index contributed by atoms with van der Waals surface area (Å²) in [7, 11) is 0. The Kier molecular flexibility index (Phi) is 6.60. The van der Waals surface area contributed by atoms with Gasteiger partial charge in [0.25, 0.3) is 0 Å². The number of nitrogens with zero attached hydrogens (tertiary/aromatic N) is 1. The SMILES string of the molecule is CC1(C)c2ccccc2-c2ccc(N(c3ccc(-c4ccccc4)cc3)c3ccc4c(c3)oc3cccc(-c5cccc6c5oc5ccccc56)c34)cc21. The van der Waals surface area contributed by atoms with E-state index in [-0.39, 0.29) is 5.41 Å². The van der Waals surface area contributed by atoms with Crippen molar-refractivity contribution in [2.24, 2.45) is 0 Å². The molecule has 54 heavy (non-hydrogen) atoms. The Morgan fingerprint density at radius 1 is 0.389 bits per heavy atom. The third-order valence-corrected chi connectivity index (χ3v) is 11.5. The highest BCUT2D eigenvalue weighted by Gasteiger charge is 2.35. The van der Waals surface area contributed by atoms with Gasteiger partial charge in [0.05, 0.1) is 0 Å². The van der Waals surface area contributed by atoms with E-state index in [0.29, 0.717) is 0 Å². The van der Waals surface area contributed by atoms with E-state index < -0.39 is 0 Å². The number of fused-ring (bicyclic) bond motifs is 9. The van der Waals surface area contributed by atoms with Crippen LogP contribution in [0.2, 0.25) is 0 Å². The van der Waals surface area contributed by atoms with Crippen molar-refractivity contribution < 1.29 is 8.83 Å². The predicted molar refractivity (Wildman–Crippen MR) is 224 cm³/mol. The van der Waals surface area contributed by atoms with E-state index in [4.69, 9.17) is 8.83 Å². The van der Waals surface area contributed by atoms with E-state index in [2.05, 4.69) is 183 Å². The standard InChI is InChI=1S/C51H35NO2/c1-51(2)44-19-8-6-14-37(44)38-28-26-35(30-45(38)51)52(34-24-22-33(23-25-34)32-12-4-3-5-13-32)36-27-29-43-48(31-36)53-47-21-11-16-40(49(43)47)42-18-10-17-41-39-15-7-9-20-46(39)54-50(41)42/h3-31H,1-2H3. The van der Waals surface area contributed by atoms with Crippen LogP contribution in [0, 0.1) is 0 Å². The van der Waals surface area contributed by atoms with Gasteiger partial charge >= 0.3 is 0 Å². The quantitative estimate of drug-likeness (QED) is 0.180. The molecule has 0 amide bonds. The van der Waals surface area contributed by atoms with Crippen molar-refractivity contribution in [3.8, 4) is 33.4 Å². The van der Waals surface area contributed by atoms with Crippen LogP contribution in [0.1, 0.15) is 25.0 Å². The fraction of sp³-hybridized carbons (Fsp3) is 0.0588. The van der Waals surface area contributed by atoms with Gasteiger partial charge < -0.3 is 13.7 Å². The number of hydrogen-bond acceptors (Lipinski definition) is 3. The maximum atomic E-state index is 6.72. The van der Waals surface area contributed by atoms with Crippen LogP contribution >= 0.6 is 0 Å². The molecule has 0 radical (unpaired) electrons. The summed E-state index contributed by atoms with van der Waals surface area (Å²) in [5.74, 6) is 0. The zero-order valence-corrected chi connectivity index (χ0v) is 30.0. The summed E-state index contributed by atoms with van der Waals surface area (Å²) in [5.41, 5.74) is 16.4. The number of furan rings is 2. The fourth-order valence-electron chi connectivity index (χ4n) is 8.85. The van der Waals surface area contributed by atoms with Crippen molar-refractivity contribution in [2.75, 3.05) is 4.90 Å². The third-order valence-electron chi connectivity index (χ3n) is 11.5. The maximum absolute atomic E-state index is 6.72. The average molecular weight is 694 g/mol. The van der Waals surface area contributed by atoms with Crippen molar-refractivity contribution in [1.82, 2.24) is 0 Å². The normalized spacial score (nSPS) is 13.1. The van der Waals surface area contributed by atoms with Crippen LogP contribution in [0.15, 0.2) is 185 Å². The van der Waals surface area contributed by atoms with Crippen LogP contribution in [0.5, 0.6) is 0 Å². The van der Waals surface area contributed by atoms with Crippen molar-refractivity contribution in [3.63, 3.8) is 0 Å². The Hall–Kier alpha value is -6.84. The molecule has 0 spiro atoms. The van der Waals surface area contributed by atoms with Crippen LogP contribution < -0.4 is 4.90 Å². The molecule has 2 aromatic heterocycles. The molecule has 0 saturated carbocycles. The van der Waals surface area contributed by atoms with E-state index in [1.165, 1.54) is 33.4 Å². The fourth-order valence-corrected chi connectivity index (χ4v) is 8.85. The van der Waals surface area contributed by atoms with Gasteiger partial charge in [0.1, 0.15) is 22.3 Å². The molecular weight excluding hydrogens is 659 g/mol. The summed E-state index contributed by atoms with van der Waals surface area (Å²) >= 11 is 0. The van der Waals surface area contributed by atoms with Gasteiger partial charge in [0, 0.05) is 55.7 Å². The van der Waals surface area contributed by atoms with Crippen molar-refractivity contribution in [2.45, 2.75) is 19.3 Å². The molecule has 3 nitrogen and oxygen atoms in total. The Bertz CT molecular complexity index is 3070. The van der Waals surface area contributed by atoms with Gasteiger partial charge in [0.2, 0.25) is 0 Å². The van der Waals surface area contributed by atoms with Gasteiger partial charge in [-0.1, -0.05) is 135 Å². The highest BCUT2D eigenvalue weighted by Crippen LogP contribution is 2.51. The number of anilines is 3. The number of rotatable bonds is 5. The van der Waals surface area contributed by atoms with E-state index in [1.54, 1.807) is 0 Å². The maximum Gasteiger partial charge on any atom is 0.143 e. The van der Waals surface area contributed by atoms with Crippen LogP contribution in [0.4, 0.5) is 17.1 Å². The molecule has 10 aromatic rings. The molecule has 0 bridgehead atoms. The van der Waals surface area contributed by atoms with Gasteiger partial charge in [-0.2, -0.15) is 0 Å². The molecule has 8 aromatic carbocycles. The minimum Gasteiger partial charge on any atom is -0.456 e. The first-order chi connectivity index (χ1) is 26.5. The summed E-state index contributed by atoms with van der Waals surface area (Å²) in [6, 6.07) is 62.8. The van der Waals surface area contributed by atoms with Gasteiger partial charge in [-0.25, -0.2) is 0 Å². The van der Waals surface area contributed by atoms with Gasteiger partial charge in [-0.3, -0.25) is 0 Å². The third kappa shape index (κ3) is 4.55. The lowest BCUT2D eigenvalue weighted by Gasteiger charge is -2.28. The highest BCUT2D eigenvalue weighted by molar-refractivity contribution is 6.17. The molecule has 3 heteroatoms. The van der Waals surface area contributed by atoms with Crippen molar-refractivity contribution >= 4 is 60.9 Å². The summed E-state index contributed by atoms with van der Waals surface area (Å²) in [6.07, 6.45) is 0. The first-order valence-electron chi connectivity index (χ1n) is 18.6. The van der Waals surface area contributed by atoms with E-state index in [1.807, 2.05) is 12.1 Å². The molecular formula is C51H35NO2. The molecule has 11 rings (SSSR count). The Balaban J connectivity index is 1.08. The Labute approximate surface area is 313 Å². The average Bonchev–Trinajstić information content (AvgIpc) is 3.86. The lowest BCUT2D eigenvalue weighted by molar-refractivity contribution is 0.660. The highest BCUT2D eigenvalue weighted by atomic mass is 16.3. The van der Waals surface area contributed by atoms with Crippen LogP contribution in [-0.2, 0) is 5.41 Å². The Morgan fingerprint density at radius 3 is 1.91 bits per heavy atom. The molecule has 2 heterocycles. The summed E-state index contributed by atoms with van der Waals surface area (Å²) < 4.78 is 13.2. The van der Waals surface area contributed by atoms with Crippen molar-refractivity contribution in [3.05, 3.63) is 187 Å². The molecule has 0 N–H and O–H groups in total. The number of benzene rings is 8. The van der Waals surface area contributed by atoms with Gasteiger partial charge in [-0.05, 0) is 87.5 Å². The van der Waals surface area contributed by atoms with E-state index >= 15 is 0 Å². The molecule has 0 aliphatic heterocycles.